The highest BCUT2D eigenvalue weighted by Crippen LogP contribution is 2.42. The van der Waals surface area contributed by atoms with Gasteiger partial charge in [-0.1, -0.05) is 0 Å². The van der Waals surface area contributed by atoms with Gasteiger partial charge in [-0.3, -0.25) is 9.59 Å². The number of carbonyl (C=O) groups excluding carboxylic acids is 1. The summed E-state index contributed by atoms with van der Waals surface area (Å²) in [6.07, 6.45) is -6.29. The zero-order valence-corrected chi connectivity index (χ0v) is 21.4. The van der Waals surface area contributed by atoms with Gasteiger partial charge in [0.05, 0.1) is 24.2 Å². The number of fused-ring (bicyclic) bond motifs is 1. The van der Waals surface area contributed by atoms with Crippen molar-refractivity contribution in [2.75, 3.05) is 13.7 Å². The van der Waals surface area contributed by atoms with Gasteiger partial charge in [-0.25, -0.2) is 0 Å². The Morgan fingerprint density at radius 1 is 0.921 bits per heavy atom. The van der Waals surface area contributed by atoms with E-state index in [9.17, 15) is 35.1 Å². The van der Waals surface area contributed by atoms with Crippen LogP contribution in [0.25, 0.3) is 0 Å². The van der Waals surface area contributed by atoms with E-state index in [2.05, 4.69) is 0 Å². The van der Waals surface area contributed by atoms with Gasteiger partial charge in [0.15, 0.2) is 18.5 Å². The second-order valence-corrected chi connectivity index (χ2v) is 11.0. The fourth-order valence-corrected chi connectivity index (χ4v) is 6.40. The molecule has 13 atom stereocenters. The lowest BCUT2D eigenvalue weighted by Crippen LogP contribution is -2.62. The van der Waals surface area contributed by atoms with E-state index in [0.29, 0.717) is 32.1 Å². The van der Waals surface area contributed by atoms with Crippen molar-refractivity contribution in [3.8, 4) is 0 Å². The van der Waals surface area contributed by atoms with Gasteiger partial charge in [0, 0.05) is 19.4 Å². The number of ether oxygens (including phenoxy) is 5. The van der Waals surface area contributed by atoms with Gasteiger partial charge in [0.1, 0.15) is 43.5 Å². The number of esters is 1. The summed E-state index contributed by atoms with van der Waals surface area (Å²) in [6, 6.07) is 0. The second-order valence-electron chi connectivity index (χ2n) is 11.0. The Hall–Kier alpha value is -1.42. The number of aliphatic carboxylic acids is 1. The van der Waals surface area contributed by atoms with Gasteiger partial charge in [-0.05, 0) is 38.5 Å². The van der Waals surface area contributed by atoms with Crippen molar-refractivity contribution in [2.24, 2.45) is 11.8 Å². The molecular formula is C25H41O13+. The summed E-state index contributed by atoms with van der Waals surface area (Å²) in [6.45, 7) is -0.547. The summed E-state index contributed by atoms with van der Waals surface area (Å²) in [5.74, 6) is -2.54. The minimum absolute atomic E-state index is 0.0115. The zero-order chi connectivity index (χ0) is 27.6. The van der Waals surface area contributed by atoms with Crippen LogP contribution >= 0.6 is 0 Å². The molecule has 0 aromatic heterocycles. The van der Waals surface area contributed by atoms with E-state index in [1.807, 2.05) is 0 Å². The fraction of sp³-hybridized carbons (Fsp3) is 0.920. The summed E-state index contributed by atoms with van der Waals surface area (Å²) >= 11 is 0. The third kappa shape index (κ3) is 6.65. The highest BCUT2D eigenvalue weighted by molar-refractivity contribution is 5.90. The predicted molar refractivity (Wildman–Crippen MR) is 127 cm³/mol. The lowest BCUT2D eigenvalue weighted by molar-refractivity contribution is -0.354. The molecule has 38 heavy (non-hydrogen) atoms. The number of methoxy groups -OCH3 is 1. The van der Waals surface area contributed by atoms with Crippen LogP contribution in [0.15, 0.2) is 0 Å². The molecule has 0 bridgehead atoms. The molecule has 4 rings (SSSR count). The Labute approximate surface area is 220 Å². The number of carboxylic acid groups (broad SMARTS) is 1. The van der Waals surface area contributed by atoms with E-state index < -0.39 is 74.0 Å². The molecule has 0 radical (unpaired) electrons. The minimum Gasteiger partial charge on any atom is -0.481 e. The highest BCUT2D eigenvalue weighted by atomic mass is 16.7. The lowest BCUT2D eigenvalue weighted by Gasteiger charge is -2.48. The van der Waals surface area contributed by atoms with Gasteiger partial charge in [0.2, 0.25) is 0 Å². The zero-order valence-electron chi connectivity index (χ0n) is 21.4. The van der Waals surface area contributed by atoms with Crippen molar-refractivity contribution in [3.05, 3.63) is 0 Å². The molecule has 4 aliphatic rings. The first-order valence-electron chi connectivity index (χ1n) is 13.4. The average molecular weight is 550 g/mol. The monoisotopic (exact) mass is 549 g/mol. The Balaban J connectivity index is 1.49. The van der Waals surface area contributed by atoms with E-state index in [1.165, 1.54) is 0 Å². The number of hydrogen-bond acceptors (Lipinski definition) is 11. The number of aliphatic hydroxyl groups is 7. The van der Waals surface area contributed by atoms with Crippen molar-refractivity contribution < 1.29 is 63.9 Å². The topological polar surface area (TPSA) is 205 Å². The van der Waals surface area contributed by atoms with Gasteiger partial charge in [0.25, 0.3) is 0 Å². The van der Waals surface area contributed by atoms with Crippen LogP contribution in [0.5, 0.6) is 0 Å². The maximum absolute atomic E-state index is 11.7. The molecule has 4 fully saturated rings. The summed E-state index contributed by atoms with van der Waals surface area (Å²) in [4.78, 5) is 22.4. The Kier molecular flexibility index (Phi) is 9.98. The molecule has 218 valence electrons. The number of hydrogen-bond donors (Lipinski definition) is 6. The van der Waals surface area contributed by atoms with E-state index in [4.69, 9.17) is 28.8 Å². The third-order valence-corrected chi connectivity index (χ3v) is 8.50. The van der Waals surface area contributed by atoms with Gasteiger partial charge < -0.3 is 54.3 Å². The fourth-order valence-electron chi connectivity index (χ4n) is 6.40. The van der Waals surface area contributed by atoms with Crippen LogP contribution in [-0.4, -0.2) is 128 Å². The SMILES string of the molecule is COC1CC(C2[OH+]C3CCCC(O)C3CC2OC2OC(COC(=O)CC(=O)O)C(O)C(O)C2O)CCC1O. The van der Waals surface area contributed by atoms with Crippen molar-refractivity contribution in [1.82, 2.24) is 0 Å². The maximum atomic E-state index is 11.7. The average Bonchev–Trinajstić information content (AvgIpc) is 2.88. The first-order valence-corrected chi connectivity index (χ1v) is 13.4. The quantitative estimate of drug-likeness (QED) is 0.113. The van der Waals surface area contributed by atoms with Crippen molar-refractivity contribution in [1.29, 1.82) is 0 Å². The molecule has 2 aliphatic carbocycles. The number of aliphatic hydroxyl groups excluding tert-OH is 5. The minimum atomic E-state index is -1.67. The molecule has 2 saturated heterocycles. The Morgan fingerprint density at radius 3 is 2.39 bits per heavy atom. The molecule has 13 nitrogen and oxygen atoms in total. The highest BCUT2D eigenvalue weighted by Gasteiger charge is 2.54. The summed E-state index contributed by atoms with van der Waals surface area (Å²) in [5.41, 5.74) is 0. The van der Waals surface area contributed by atoms with Crippen molar-refractivity contribution in [3.63, 3.8) is 0 Å². The van der Waals surface area contributed by atoms with E-state index >= 15 is 0 Å². The molecule has 0 aromatic carbocycles. The number of rotatable bonds is 8. The predicted octanol–water partition coefficient (Wildman–Crippen LogP) is -1.80. The van der Waals surface area contributed by atoms with Crippen LogP contribution in [0.3, 0.4) is 0 Å². The summed E-state index contributed by atoms with van der Waals surface area (Å²) in [7, 11) is 1.55. The molecule has 2 heterocycles. The molecule has 13 heteroatoms. The first kappa shape index (κ1) is 29.6. The molecule has 13 unspecified atom stereocenters. The van der Waals surface area contributed by atoms with Gasteiger partial charge in [-0.15, -0.1) is 0 Å². The molecule has 2 aliphatic heterocycles. The largest absolute Gasteiger partial charge is 0.481 e. The Bertz CT molecular complexity index is 810. The van der Waals surface area contributed by atoms with Crippen molar-refractivity contribution in [2.45, 2.75) is 119 Å². The maximum Gasteiger partial charge on any atom is 0.317 e. The molecule has 0 spiro atoms. The van der Waals surface area contributed by atoms with Gasteiger partial charge in [-0.2, -0.15) is 0 Å². The van der Waals surface area contributed by atoms with Crippen molar-refractivity contribution >= 4 is 11.9 Å². The normalized spacial score (nSPS) is 45.7. The number of carboxylic acids is 1. The molecular weight excluding hydrogens is 508 g/mol. The smallest absolute Gasteiger partial charge is 0.317 e. The van der Waals surface area contributed by atoms with Crippen LogP contribution in [0, 0.1) is 11.8 Å². The molecule has 0 amide bonds. The Morgan fingerprint density at radius 2 is 1.68 bits per heavy atom. The second kappa shape index (κ2) is 12.8. The van der Waals surface area contributed by atoms with Crippen LogP contribution in [-0.2, 0) is 28.5 Å². The summed E-state index contributed by atoms with van der Waals surface area (Å²) < 4.78 is 27.4. The van der Waals surface area contributed by atoms with Crippen LogP contribution < -0.4 is 0 Å². The van der Waals surface area contributed by atoms with Crippen LogP contribution in [0.1, 0.15) is 51.4 Å². The molecule has 2 saturated carbocycles. The third-order valence-electron chi connectivity index (χ3n) is 8.50. The van der Waals surface area contributed by atoms with Crippen LogP contribution in [0.2, 0.25) is 0 Å². The van der Waals surface area contributed by atoms with E-state index in [-0.39, 0.29) is 30.1 Å². The van der Waals surface area contributed by atoms with E-state index in [0.717, 1.165) is 12.8 Å². The number of carbonyl (C=O) groups is 2. The molecule has 7 N–H and O–H groups in total. The van der Waals surface area contributed by atoms with Gasteiger partial charge >= 0.3 is 11.9 Å². The molecule has 0 aromatic rings. The lowest BCUT2D eigenvalue weighted by atomic mass is 9.73. The summed E-state index contributed by atoms with van der Waals surface area (Å²) in [5, 5.41) is 61.2. The van der Waals surface area contributed by atoms with E-state index in [1.54, 1.807) is 7.11 Å². The van der Waals surface area contributed by atoms with Crippen LogP contribution in [0.4, 0.5) is 0 Å². The first-order chi connectivity index (χ1) is 18.1. The standard InChI is InChI=1S/C25H40O13/c1-34-16-7-11(5-6-14(16)27)24-17(8-12-13(26)3-2-4-15(12)36-24)37-25-23(33)22(32)21(31)18(38-25)10-35-20(30)9-19(28)29/h11-18,21-27,31-33H,2-10H2,1H3,(H,28,29)/p+1.